The van der Waals surface area contributed by atoms with E-state index in [0.29, 0.717) is 12.2 Å². The summed E-state index contributed by atoms with van der Waals surface area (Å²) in [6.07, 6.45) is 5.00. The highest BCUT2D eigenvalue weighted by Crippen LogP contribution is 2.12. The summed E-state index contributed by atoms with van der Waals surface area (Å²) in [6, 6.07) is 14.8. The summed E-state index contributed by atoms with van der Waals surface area (Å²) in [7, 11) is -3.57. The van der Waals surface area contributed by atoms with Gasteiger partial charge in [0, 0.05) is 25.5 Å². The SMILES string of the molecule is O=C(NCCCc1ccccc1)NCCS(=O)(=O)Nc1ccn2nccc2c1. The highest BCUT2D eigenvalue weighted by Gasteiger charge is 2.11. The van der Waals surface area contributed by atoms with Crippen molar-refractivity contribution in [1.82, 2.24) is 20.2 Å². The number of rotatable bonds is 9. The van der Waals surface area contributed by atoms with Crippen LogP contribution < -0.4 is 15.4 Å². The first-order chi connectivity index (χ1) is 13.5. The molecule has 0 aliphatic rings. The number of pyridine rings is 1. The molecule has 3 N–H and O–H groups in total. The number of carbonyl (C=O) groups excluding carboxylic acids is 1. The van der Waals surface area contributed by atoms with Gasteiger partial charge in [0.15, 0.2) is 0 Å². The minimum atomic E-state index is -3.57. The van der Waals surface area contributed by atoms with Crippen LogP contribution in [0.5, 0.6) is 0 Å². The van der Waals surface area contributed by atoms with Crippen LogP contribution in [0, 0.1) is 0 Å². The molecule has 8 nitrogen and oxygen atoms in total. The van der Waals surface area contributed by atoms with E-state index in [1.807, 2.05) is 30.3 Å². The van der Waals surface area contributed by atoms with E-state index >= 15 is 0 Å². The molecule has 1 aromatic carbocycles. The number of amides is 2. The Morgan fingerprint density at radius 1 is 1.04 bits per heavy atom. The van der Waals surface area contributed by atoms with Gasteiger partial charge in [-0.15, -0.1) is 0 Å². The van der Waals surface area contributed by atoms with Gasteiger partial charge in [0.25, 0.3) is 0 Å². The number of nitrogens with one attached hydrogen (secondary N) is 3. The van der Waals surface area contributed by atoms with Crippen LogP contribution in [0.4, 0.5) is 10.5 Å². The highest BCUT2D eigenvalue weighted by atomic mass is 32.2. The number of anilines is 1. The molecule has 0 aliphatic carbocycles. The van der Waals surface area contributed by atoms with Crippen molar-refractivity contribution in [1.29, 1.82) is 0 Å². The molecule has 0 fully saturated rings. The Hall–Kier alpha value is -3.07. The zero-order valence-electron chi connectivity index (χ0n) is 15.3. The molecule has 3 aromatic rings. The lowest BCUT2D eigenvalue weighted by atomic mass is 10.1. The van der Waals surface area contributed by atoms with Crippen molar-refractivity contribution in [2.75, 3.05) is 23.6 Å². The Balaban J connectivity index is 1.35. The van der Waals surface area contributed by atoms with Crippen molar-refractivity contribution in [3.8, 4) is 0 Å². The van der Waals surface area contributed by atoms with Gasteiger partial charge in [0.1, 0.15) is 0 Å². The van der Waals surface area contributed by atoms with Crippen molar-refractivity contribution in [3.63, 3.8) is 0 Å². The van der Waals surface area contributed by atoms with Gasteiger partial charge < -0.3 is 10.6 Å². The fourth-order valence-electron chi connectivity index (χ4n) is 2.72. The van der Waals surface area contributed by atoms with Gasteiger partial charge in [0.05, 0.1) is 17.0 Å². The first kappa shape index (κ1) is 19.7. The molecule has 0 aliphatic heterocycles. The van der Waals surface area contributed by atoms with Crippen LogP contribution >= 0.6 is 0 Å². The molecule has 3 rings (SSSR count). The van der Waals surface area contributed by atoms with Crippen molar-refractivity contribution in [2.24, 2.45) is 0 Å². The minimum absolute atomic E-state index is 0.0226. The first-order valence-electron chi connectivity index (χ1n) is 9.01. The smallest absolute Gasteiger partial charge is 0.314 e. The molecule has 0 radical (unpaired) electrons. The third-order valence-corrected chi connectivity index (χ3v) is 5.39. The summed E-state index contributed by atoms with van der Waals surface area (Å²) in [5, 5.41) is 9.35. The van der Waals surface area contributed by atoms with Crippen LogP contribution in [0.2, 0.25) is 0 Å². The van der Waals surface area contributed by atoms with E-state index in [9.17, 15) is 13.2 Å². The number of sulfonamides is 1. The zero-order valence-corrected chi connectivity index (χ0v) is 16.2. The molecule has 0 spiro atoms. The normalized spacial score (nSPS) is 11.3. The predicted molar refractivity (Wildman–Crippen MR) is 109 cm³/mol. The molecule has 148 valence electrons. The molecular weight excluding hydrogens is 378 g/mol. The number of urea groups is 1. The Bertz CT molecular complexity index is 1020. The van der Waals surface area contributed by atoms with Crippen molar-refractivity contribution in [2.45, 2.75) is 12.8 Å². The Labute approximate surface area is 164 Å². The van der Waals surface area contributed by atoms with Crippen molar-refractivity contribution < 1.29 is 13.2 Å². The Morgan fingerprint density at radius 2 is 1.82 bits per heavy atom. The van der Waals surface area contributed by atoms with Crippen molar-refractivity contribution in [3.05, 3.63) is 66.5 Å². The third-order valence-electron chi connectivity index (χ3n) is 4.10. The lowest BCUT2D eigenvalue weighted by Gasteiger charge is -2.10. The molecule has 2 amide bonds. The zero-order chi connectivity index (χ0) is 19.8. The largest absolute Gasteiger partial charge is 0.338 e. The number of hydrogen-bond donors (Lipinski definition) is 3. The van der Waals surface area contributed by atoms with E-state index in [0.717, 1.165) is 18.4 Å². The molecule has 0 saturated carbocycles. The van der Waals surface area contributed by atoms with E-state index < -0.39 is 10.0 Å². The van der Waals surface area contributed by atoms with E-state index in [-0.39, 0.29) is 18.3 Å². The summed E-state index contributed by atoms with van der Waals surface area (Å²) in [4.78, 5) is 11.8. The molecule has 0 saturated heterocycles. The van der Waals surface area contributed by atoms with E-state index in [2.05, 4.69) is 20.5 Å². The number of nitrogens with zero attached hydrogens (tertiary/aromatic N) is 2. The lowest BCUT2D eigenvalue weighted by molar-refractivity contribution is 0.241. The maximum Gasteiger partial charge on any atom is 0.314 e. The molecule has 2 aromatic heterocycles. The average Bonchev–Trinajstić information content (AvgIpc) is 3.13. The number of benzene rings is 1. The van der Waals surface area contributed by atoms with Crippen LogP contribution in [-0.4, -0.2) is 42.9 Å². The number of aryl methyl sites for hydroxylation is 1. The summed E-state index contributed by atoms with van der Waals surface area (Å²) in [6.45, 7) is 0.547. The van der Waals surface area contributed by atoms with Crippen LogP contribution in [-0.2, 0) is 16.4 Å². The molecule has 0 unspecified atom stereocenters. The first-order valence-corrected chi connectivity index (χ1v) is 10.7. The van der Waals surface area contributed by atoms with Crippen LogP contribution in [0.3, 0.4) is 0 Å². The number of fused-ring (bicyclic) bond motifs is 1. The molecule has 2 heterocycles. The van der Waals surface area contributed by atoms with Gasteiger partial charge in [-0.3, -0.25) is 4.72 Å². The second kappa shape index (κ2) is 9.23. The Kier molecular flexibility index (Phi) is 6.49. The number of aromatic nitrogens is 2. The van der Waals surface area contributed by atoms with Crippen molar-refractivity contribution >= 4 is 27.3 Å². The van der Waals surface area contributed by atoms with E-state index in [1.165, 1.54) is 5.56 Å². The second-order valence-corrected chi connectivity index (χ2v) is 8.15. The topological polar surface area (TPSA) is 105 Å². The standard InChI is InChI=1S/C19H23N5O3S/c25-19(20-10-4-7-16-5-2-1-3-6-16)21-12-14-28(26,27)23-17-9-13-24-18(15-17)8-11-22-24/h1-3,5-6,8-9,11,13,15,23H,4,7,10,12,14H2,(H2,20,21,25). The summed E-state index contributed by atoms with van der Waals surface area (Å²) in [5.74, 6) is -0.213. The lowest BCUT2D eigenvalue weighted by Crippen LogP contribution is -2.39. The maximum absolute atomic E-state index is 12.2. The van der Waals surface area contributed by atoms with Gasteiger partial charge in [-0.1, -0.05) is 30.3 Å². The van der Waals surface area contributed by atoms with Crippen LogP contribution in [0.25, 0.3) is 5.52 Å². The van der Waals surface area contributed by atoms with Gasteiger partial charge in [-0.05, 0) is 36.6 Å². The highest BCUT2D eigenvalue weighted by molar-refractivity contribution is 7.92. The third kappa shape index (κ3) is 5.98. The average molecular weight is 401 g/mol. The van der Waals surface area contributed by atoms with Crippen LogP contribution in [0.1, 0.15) is 12.0 Å². The minimum Gasteiger partial charge on any atom is -0.338 e. The maximum atomic E-state index is 12.2. The molecule has 9 heteroatoms. The van der Waals surface area contributed by atoms with E-state index in [4.69, 9.17) is 0 Å². The molecular formula is C19H23N5O3S. The summed E-state index contributed by atoms with van der Waals surface area (Å²) in [5.41, 5.74) is 2.46. The van der Waals surface area contributed by atoms with Crippen LogP contribution in [0.15, 0.2) is 60.9 Å². The van der Waals surface area contributed by atoms with Gasteiger partial charge in [-0.25, -0.2) is 17.7 Å². The molecule has 0 bridgehead atoms. The molecule has 28 heavy (non-hydrogen) atoms. The van der Waals surface area contributed by atoms with Gasteiger partial charge >= 0.3 is 6.03 Å². The number of carbonyl (C=O) groups is 1. The second-order valence-electron chi connectivity index (χ2n) is 6.31. The summed E-state index contributed by atoms with van der Waals surface area (Å²) >= 11 is 0. The van der Waals surface area contributed by atoms with Gasteiger partial charge in [0.2, 0.25) is 10.0 Å². The summed E-state index contributed by atoms with van der Waals surface area (Å²) < 4.78 is 28.5. The molecule has 0 atom stereocenters. The fourth-order valence-corrected chi connectivity index (χ4v) is 3.68. The Morgan fingerprint density at radius 3 is 2.64 bits per heavy atom. The quantitative estimate of drug-likeness (QED) is 0.477. The van der Waals surface area contributed by atoms with E-state index in [1.54, 1.807) is 35.1 Å². The fraction of sp³-hybridized carbons (Fsp3) is 0.263. The van der Waals surface area contributed by atoms with Gasteiger partial charge in [-0.2, -0.15) is 5.10 Å². The monoisotopic (exact) mass is 401 g/mol. The predicted octanol–water partition coefficient (Wildman–Crippen LogP) is 2.01. The number of hydrogen-bond acceptors (Lipinski definition) is 4.